The lowest BCUT2D eigenvalue weighted by Crippen LogP contribution is -2.41. The fourth-order valence-corrected chi connectivity index (χ4v) is 3.18. The van der Waals surface area contributed by atoms with Crippen LogP contribution < -0.4 is 0 Å². The molecule has 0 radical (unpaired) electrons. The highest BCUT2D eigenvalue weighted by atomic mass is 32.1. The molecule has 0 aliphatic carbocycles. The van der Waals surface area contributed by atoms with Crippen molar-refractivity contribution >= 4 is 35.8 Å². The van der Waals surface area contributed by atoms with Gasteiger partial charge in [-0.1, -0.05) is 6.07 Å². The number of amides is 1. The zero-order chi connectivity index (χ0) is 12.4. The van der Waals surface area contributed by atoms with Gasteiger partial charge in [0.1, 0.15) is 6.04 Å². The van der Waals surface area contributed by atoms with Gasteiger partial charge in [0.15, 0.2) is 0 Å². The third-order valence-electron chi connectivity index (χ3n) is 2.99. The molecule has 0 spiro atoms. The van der Waals surface area contributed by atoms with Crippen molar-refractivity contribution in [2.45, 2.75) is 18.4 Å². The van der Waals surface area contributed by atoms with Crippen molar-refractivity contribution < 1.29 is 14.7 Å². The van der Waals surface area contributed by atoms with Crippen LogP contribution >= 0.6 is 24.0 Å². The Morgan fingerprint density at radius 3 is 2.88 bits per heavy atom. The van der Waals surface area contributed by atoms with Crippen LogP contribution in [0.15, 0.2) is 17.5 Å². The molecule has 1 aliphatic heterocycles. The number of nitrogens with zero attached hydrogens (tertiary/aromatic N) is 1. The number of carbonyl (C=O) groups excluding carboxylic acids is 1. The summed E-state index contributed by atoms with van der Waals surface area (Å²) in [5.41, 5.74) is 0. The van der Waals surface area contributed by atoms with Crippen LogP contribution in [0.2, 0.25) is 0 Å². The fraction of sp³-hybridized carbons (Fsp3) is 0.455. The highest BCUT2D eigenvalue weighted by molar-refractivity contribution is 7.81. The second-order valence-electron chi connectivity index (χ2n) is 4.01. The van der Waals surface area contributed by atoms with Crippen molar-refractivity contribution in [1.29, 1.82) is 0 Å². The second-order valence-corrected chi connectivity index (χ2v) is 5.30. The average molecular weight is 271 g/mol. The van der Waals surface area contributed by atoms with Gasteiger partial charge >= 0.3 is 5.97 Å². The number of carbonyl (C=O) groups is 2. The van der Waals surface area contributed by atoms with E-state index < -0.39 is 12.0 Å². The van der Waals surface area contributed by atoms with E-state index in [4.69, 9.17) is 5.11 Å². The summed E-state index contributed by atoms with van der Waals surface area (Å²) in [5.74, 6) is -0.945. The predicted molar refractivity (Wildman–Crippen MR) is 68.7 cm³/mol. The van der Waals surface area contributed by atoms with E-state index in [0.717, 1.165) is 4.88 Å². The molecule has 17 heavy (non-hydrogen) atoms. The van der Waals surface area contributed by atoms with Crippen LogP contribution in [0.3, 0.4) is 0 Å². The molecule has 0 saturated carbocycles. The van der Waals surface area contributed by atoms with E-state index in [2.05, 4.69) is 12.6 Å². The molecule has 1 aliphatic rings. The van der Waals surface area contributed by atoms with Crippen LogP contribution in [0.25, 0.3) is 0 Å². The number of carboxylic acids is 1. The van der Waals surface area contributed by atoms with E-state index in [0.29, 0.717) is 13.0 Å². The van der Waals surface area contributed by atoms with Gasteiger partial charge in [0.2, 0.25) is 5.91 Å². The van der Waals surface area contributed by atoms with Gasteiger partial charge in [-0.05, 0) is 17.9 Å². The van der Waals surface area contributed by atoms with E-state index in [1.165, 1.54) is 4.90 Å². The number of aliphatic carboxylic acids is 1. The summed E-state index contributed by atoms with van der Waals surface area (Å²) in [6, 6.07) is 3.23. The minimum absolute atomic E-state index is 0.0565. The molecule has 1 saturated heterocycles. The first-order valence-corrected chi connectivity index (χ1v) is 6.81. The minimum atomic E-state index is -0.931. The smallest absolute Gasteiger partial charge is 0.326 e. The van der Waals surface area contributed by atoms with E-state index in [9.17, 15) is 9.59 Å². The molecular formula is C11H13NO3S2. The molecule has 1 N–H and O–H groups in total. The molecular weight excluding hydrogens is 258 g/mol. The average Bonchev–Trinajstić information content (AvgIpc) is 2.95. The quantitative estimate of drug-likeness (QED) is 0.818. The van der Waals surface area contributed by atoms with Gasteiger partial charge in [0.05, 0.1) is 5.75 Å². The number of hydrogen-bond donors (Lipinski definition) is 2. The molecule has 4 nitrogen and oxygen atoms in total. The third kappa shape index (κ3) is 2.47. The van der Waals surface area contributed by atoms with Crippen LogP contribution in [0.4, 0.5) is 0 Å². The van der Waals surface area contributed by atoms with E-state index >= 15 is 0 Å². The molecule has 6 heteroatoms. The molecule has 2 rings (SSSR count). The number of hydrogen-bond acceptors (Lipinski definition) is 4. The Morgan fingerprint density at radius 2 is 2.35 bits per heavy atom. The molecule has 1 aromatic heterocycles. The molecule has 0 aromatic carbocycles. The lowest BCUT2D eigenvalue weighted by Gasteiger charge is -2.20. The highest BCUT2D eigenvalue weighted by Gasteiger charge is 2.39. The topological polar surface area (TPSA) is 57.6 Å². The first-order chi connectivity index (χ1) is 8.13. The molecule has 0 unspecified atom stereocenters. The predicted octanol–water partition coefficient (Wildman–Crippen LogP) is 1.45. The maximum atomic E-state index is 11.6. The number of likely N-dealkylation sites (tertiary alicyclic amines) is 1. The van der Waals surface area contributed by atoms with Gasteiger partial charge in [-0.3, -0.25) is 4.79 Å². The Kier molecular flexibility index (Phi) is 3.73. The monoisotopic (exact) mass is 271 g/mol. The van der Waals surface area contributed by atoms with Gasteiger partial charge < -0.3 is 10.0 Å². The second kappa shape index (κ2) is 5.10. The van der Waals surface area contributed by atoms with Crippen LogP contribution in [0.5, 0.6) is 0 Å². The van der Waals surface area contributed by atoms with Crippen molar-refractivity contribution in [2.24, 2.45) is 0 Å². The summed E-state index contributed by atoms with van der Waals surface area (Å²) in [6.45, 7) is 0.483. The van der Waals surface area contributed by atoms with Crippen molar-refractivity contribution in [1.82, 2.24) is 4.90 Å². The highest BCUT2D eigenvalue weighted by Crippen LogP contribution is 2.34. The van der Waals surface area contributed by atoms with Gasteiger partial charge in [0.25, 0.3) is 0 Å². The normalized spacial score (nSPS) is 23.9. The first-order valence-electron chi connectivity index (χ1n) is 5.30. The van der Waals surface area contributed by atoms with Crippen molar-refractivity contribution in [2.75, 3.05) is 12.3 Å². The zero-order valence-corrected chi connectivity index (χ0v) is 10.8. The van der Waals surface area contributed by atoms with Crippen molar-refractivity contribution in [3.05, 3.63) is 22.4 Å². The SMILES string of the molecule is O=C(O)[C@@H]1C[C@H](c2cccs2)CN1C(=O)CS. The summed E-state index contributed by atoms with van der Waals surface area (Å²) in [5, 5.41) is 11.1. The minimum Gasteiger partial charge on any atom is -0.480 e. The van der Waals surface area contributed by atoms with Gasteiger partial charge in [-0.2, -0.15) is 12.6 Å². The molecule has 92 valence electrons. The lowest BCUT2D eigenvalue weighted by molar-refractivity contribution is -0.147. The molecule has 1 amide bonds. The van der Waals surface area contributed by atoms with E-state index in [1.807, 2.05) is 17.5 Å². The zero-order valence-electron chi connectivity index (χ0n) is 9.07. The molecule has 2 atom stereocenters. The number of thiol groups is 1. The maximum Gasteiger partial charge on any atom is 0.326 e. The molecule has 0 bridgehead atoms. The number of carboxylic acid groups (broad SMARTS) is 1. The van der Waals surface area contributed by atoms with Crippen LogP contribution in [-0.4, -0.2) is 40.2 Å². The Balaban J connectivity index is 2.17. The Bertz CT molecular complexity index is 418. The Morgan fingerprint density at radius 1 is 1.59 bits per heavy atom. The van der Waals surface area contributed by atoms with Crippen molar-refractivity contribution in [3.8, 4) is 0 Å². The van der Waals surface area contributed by atoms with E-state index in [1.54, 1.807) is 11.3 Å². The van der Waals surface area contributed by atoms with Gasteiger partial charge in [-0.25, -0.2) is 4.79 Å². The molecule has 1 fully saturated rings. The maximum absolute atomic E-state index is 11.6. The Hall–Kier alpha value is -1.01. The number of thiophene rings is 1. The summed E-state index contributed by atoms with van der Waals surface area (Å²) >= 11 is 5.53. The lowest BCUT2D eigenvalue weighted by atomic mass is 10.0. The summed E-state index contributed by atoms with van der Waals surface area (Å²) in [7, 11) is 0. The van der Waals surface area contributed by atoms with Crippen molar-refractivity contribution in [3.63, 3.8) is 0 Å². The first kappa shape index (κ1) is 12.4. The molecule has 1 aromatic rings. The Labute approximate surface area is 109 Å². The number of rotatable bonds is 3. The van der Waals surface area contributed by atoms with Crippen LogP contribution in [0.1, 0.15) is 17.2 Å². The molecule has 2 heterocycles. The standard InChI is InChI=1S/C11H13NO3S2/c13-10(6-16)12-5-7(4-8(12)11(14)15)9-2-1-3-17-9/h1-3,7-8,16H,4-6H2,(H,14,15)/t7-,8-/m0/s1. The van der Waals surface area contributed by atoms with Crippen LogP contribution in [0, 0.1) is 0 Å². The summed E-state index contributed by atoms with van der Waals surface area (Å²) in [6.07, 6.45) is 0.495. The summed E-state index contributed by atoms with van der Waals surface area (Å²) in [4.78, 5) is 25.3. The fourth-order valence-electron chi connectivity index (χ4n) is 2.17. The van der Waals surface area contributed by atoms with Gasteiger partial charge in [0, 0.05) is 17.3 Å². The van der Waals surface area contributed by atoms with E-state index in [-0.39, 0.29) is 17.6 Å². The van der Waals surface area contributed by atoms with Gasteiger partial charge in [-0.15, -0.1) is 11.3 Å². The summed E-state index contributed by atoms with van der Waals surface area (Å²) < 4.78 is 0. The third-order valence-corrected chi connectivity index (χ3v) is 4.29. The van der Waals surface area contributed by atoms with Crippen LogP contribution in [-0.2, 0) is 9.59 Å². The largest absolute Gasteiger partial charge is 0.480 e.